The third-order valence-electron chi connectivity index (χ3n) is 3.05. The summed E-state index contributed by atoms with van der Waals surface area (Å²) in [7, 11) is -3.14. The van der Waals surface area contributed by atoms with Gasteiger partial charge in [-0.15, -0.1) is 0 Å². The molecule has 3 unspecified atom stereocenters. The zero-order chi connectivity index (χ0) is 14.6. The molecule has 0 radical (unpaired) electrons. The molecule has 0 bridgehead atoms. The van der Waals surface area contributed by atoms with Crippen LogP contribution < -0.4 is 10.6 Å². The molecule has 0 aliphatic heterocycles. The number of urea groups is 1. The third kappa shape index (κ3) is 5.91. The van der Waals surface area contributed by atoms with E-state index in [1.54, 1.807) is 6.92 Å². The number of carbonyl (C=O) groups is 2. The predicted molar refractivity (Wildman–Crippen MR) is 69.6 cm³/mol. The average molecular weight is 292 g/mol. The van der Waals surface area contributed by atoms with E-state index in [0.29, 0.717) is 19.3 Å². The van der Waals surface area contributed by atoms with Gasteiger partial charge in [-0.2, -0.15) is 0 Å². The molecule has 1 rings (SSSR count). The molecule has 8 heteroatoms. The third-order valence-corrected chi connectivity index (χ3v) is 4.15. The molecule has 0 heterocycles. The Labute approximate surface area is 112 Å². The number of amides is 2. The molecule has 19 heavy (non-hydrogen) atoms. The fourth-order valence-corrected chi connectivity index (χ4v) is 3.28. The van der Waals surface area contributed by atoms with E-state index in [-0.39, 0.29) is 11.8 Å². The van der Waals surface area contributed by atoms with E-state index in [9.17, 15) is 18.0 Å². The number of carbonyl (C=O) groups excluding carboxylic acids is 1. The van der Waals surface area contributed by atoms with Gasteiger partial charge in [0, 0.05) is 18.3 Å². The van der Waals surface area contributed by atoms with E-state index >= 15 is 0 Å². The average Bonchev–Trinajstić information content (AvgIpc) is 2.62. The lowest BCUT2D eigenvalue weighted by atomic mass is 10.1. The SMILES string of the molecule is CC(CS(C)(=O)=O)NC(=O)NC1CCC(C(=O)O)C1. The van der Waals surface area contributed by atoms with Crippen LogP contribution in [0.2, 0.25) is 0 Å². The number of nitrogens with one attached hydrogen (secondary N) is 2. The van der Waals surface area contributed by atoms with Crippen LogP contribution >= 0.6 is 0 Å². The summed E-state index contributed by atoms with van der Waals surface area (Å²) in [5, 5.41) is 14.0. The molecule has 1 aliphatic rings. The first-order valence-corrected chi connectivity index (χ1v) is 8.21. The van der Waals surface area contributed by atoms with Gasteiger partial charge in [-0.3, -0.25) is 4.79 Å². The van der Waals surface area contributed by atoms with Crippen molar-refractivity contribution < 1.29 is 23.1 Å². The second-order valence-corrected chi connectivity index (χ2v) is 7.34. The molecule has 0 saturated heterocycles. The maximum absolute atomic E-state index is 11.6. The lowest BCUT2D eigenvalue weighted by molar-refractivity contribution is -0.141. The summed E-state index contributed by atoms with van der Waals surface area (Å²) < 4.78 is 22.1. The molecular formula is C11H20N2O5S. The first-order valence-electron chi connectivity index (χ1n) is 6.15. The molecule has 0 spiro atoms. The van der Waals surface area contributed by atoms with Crippen LogP contribution in [0.4, 0.5) is 4.79 Å². The highest BCUT2D eigenvalue weighted by molar-refractivity contribution is 7.90. The van der Waals surface area contributed by atoms with Crippen molar-refractivity contribution in [2.75, 3.05) is 12.0 Å². The molecule has 0 aromatic carbocycles. The summed E-state index contributed by atoms with van der Waals surface area (Å²) in [5.74, 6) is -1.36. The Morgan fingerprint density at radius 3 is 2.47 bits per heavy atom. The normalized spacial score (nSPS) is 24.7. The van der Waals surface area contributed by atoms with Crippen LogP contribution in [0.5, 0.6) is 0 Å². The molecule has 1 fully saturated rings. The number of hydrogen-bond donors (Lipinski definition) is 3. The van der Waals surface area contributed by atoms with Gasteiger partial charge in [0.25, 0.3) is 0 Å². The minimum atomic E-state index is -3.14. The molecule has 2 amide bonds. The van der Waals surface area contributed by atoms with E-state index in [2.05, 4.69) is 10.6 Å². The monoisotopic (exact) mass is 292 g/mol. The quantitative estimate of drug-likeness (QED) is 0.659. The topological polar surface area (TPSA) is 113 Å². The van der Waals surface area contributed by atoms with Crippen molar-refractivity contribution in [3.8, 4) is 0 Å². The van der Waals surface area contributed by atoms with Crippen molar-refractivity contribution >= 4 is 21.8 Å². The van der Waals surface area contributed by atoms with E-state index in [1.807, 2.05) is 0 Å². The summed E-state index contributed by atoms with van der Waals surface area (Å²) in [4.78, 5) is 22.4. The highest BCUT2D eigenvalue weighted by atomic mass is 32.2. The lowest BCUT2D eigenvalue weighted by Gasteiger charge is -2.17. The molecule has 3 N–H and O–H groups in total. The second-order valence-electron chi connectivity index (χ2n) is 5.16. The Balaban J connectivity index is 2.34. The fraction of sp³-hybridized carbons (Fsp3) is 0.818. The summed E-state index contributed by atoms with van der Waals surface area (Å²) in [6, 6.07) is -1.09. The minimum Gasteiger partial charge on any atom is -0.481 e. The first kappa shape index (κ1) is 15.7. The Morgan fingerprint density at radius 1 is 1.37 bits per heavy atom. The van der Waals surface area contributed by atoms with Crippen molar-refractivity contribution in [1.29, 1.82) is 0 Å². The van der Waals surface area contributed by atoms with E-state index < -0.39 is 33.8 Å². The van der Waals surface area contributed by atoms with Gasteiger partial charge in [-0.1, -0.05) is 0 Å². The van der Waals surface area contributed by atoms with Crippen LogP contribution in [-0.2, 0) is 14.6 Å². The van der Waals surface area contributed by atoms with Gasteiger partial charge >= 0.3 is 12.0 Å². The van der Waals surface area contributed by atoms with Crippen molar-refractivity contribution in [1.82, 2.24) is 10.6 Å². The fourth-order valence-electron chi connectivity index (χ4n) is 2.28. The van der Waals surface area contributed by atoms with E-state index in [0.717, 1.165) is 6.26 Å². The highest BCUT2D eigenvalue weighted by Gasteiger charge is 2.30. The standard InChI is InChI=1S/C11H20N2O5S/c1-7(6-19(2,17)18)12-11(16)13-9-4-3-8(5-9)10(14)15/h7-9H,3-6H2,1-2H3,(H,14,15)(H2,12,13,16). The van der Waals surface area contributed by atoms with Gasteiger partial charge in [-0.25, -0.2) is 13.2 Å². The number of hydrogen-bond acceptors (Lipinski definition) is 4. The smallest absolute Gasteiger partial charge is 0.315 e. The van der Waals surface area contributed by atoms with Crippen LogP contribution in [0.25, 0.3) is 0 Å². The maximum Gasteiger partial charge on any atom is 0.315 e. The molecule has 1 saturated carbocycles. The van der Waals surface area contributed by atoms with Crippen molar-refractivity contribution in [3.05, 3.63) is 0 Å². The van der Waals surface area contributed by atoms with Crippen LogP contribution in [-0.4, -0.2) is 49.6 Å². The molecule has 0 aromatic heterocycles. The number of rotatable bonds is 5. The number of sulfone groups is 1. The van der Waals surface area contributed by atoms with Crippen LogP contribution in [0.1, 0.15) is 26.2 Å². The van der Waals surface area contributed by atoms with Gasteiger partial charge in [0.1, 0.15) is 9.84 Å². The number of carboxylic acid groups (broad SMARTS) is 1. The zero-order valence-electron chi connectivity index (χ0n) is 11.0. The molecule has 3 atom stereocenters. The Bertz CT molecular complexity index is 448. The van der Waals surface area contributed by atoms with Crippen molar-refractivity contribution in [2.24, 2.45) is 5.92 Å². The Hall–Kier alpha value is -1.31. The van der Waals surface area contributed by atoms with Gasteiger partial charge in [0.05, 0.1) is 11.7 Å². The highest BCUT2D eigenvalue weighted by Crippen LogP contribution is 2.25. The molecular weight excluding hydrogens is 272 g/mol. The van der Waals surface area contributed by atoms with Crippen molar-refractivity contribution in [2.45, 2.75) is 38.3 Å². The molecule has 1 aliphatic carbocycles. The van der Waals surface area contributed by atoms with Crippen LogP contribution in [0.15, 0.2) is 0 Å². The summed E-state index contributed by atoms with van der Waals surface area (Å²) in [6.07, 6.45) is 2.71. The largest absolute Gasteiger partial charge is 0.481 e. The second kappa shape index (κ2) is 6.23. The summed E-state index contributed by atoms with van der Waals surface area (Å²) in [6.45, 7) is 1.61. The molecule has 110 valence electrons. The number of carboxylic acids is 1. The predicted octanol–water partition coefficient (Wildman–Crippen LogP) is -0.0280. The van der Waals surface area contributed by atoms with Gasteiger partial charge < -0.3 is 15.7 Å². The summed E-state index contributed by atoms with van der Waals surface area (Å²) >= 11 is 0. The van der Waals surface area contributed by atoms with Crippen molar-refractivity contribution in [3.63, 3.8) is 0 Å². The van der Waals surface area contributed by atoms with E-state index in [4.69, 9.17) is 5.11 Å². The number of aliphatic carboxylic acids is 1. The minimum absolute atomic E-state index is 0.122. The van der Waals surface area contributed by atoms with E-state index in [1.165, 1.54) is 0 Å². The molecule has 0 aromatic rings. The molecule has 7 nitrogen and oxygen atoms in total. The Kier molecular flexibility index (Phi) is 5.16. The lowest BCUT2D eigenvalue weighted by Crippen LogP contribution is -2.46. The Morgan fingerprint density at radius 2 is 2.00 bits per heavy atom. The van der Waals surface area contributed by atoms with Crippen LogP contribution in [0.3, 0.4) is 0 Å². The van der Waals surface area contributed by atoms with Gasteiger partial charge in [-0.05, 0) is 26.2 Å². The van der Waals surface area contributed by atoms with Gasteiger partial charge in [0.15, 0.2) is 0 Å². The first-order chi connectivity index (χ1) is 8.67. The zero-order valence-corrected chi connectivity index (χ0v) is 11.9. The van der Waals surface area contributed by atoms with Gasteiger partial charge in [0.2, 0.25) is 0 Å². The van der Waals surface area contributed by atoms with Crippen LogP contribution in [0, 0.1) is 5.92 Å². The summed E-state index contributed by atoms with van der Waals surface area (Å²) in [5.41, 5.74) is 0. The maximum atomic E-state index is 11.6.